The van der Waals surface area contributed by atoms with E-state index in [1.807, 2.05) is 24.3 Å². The first-order chi connectivity index (χ1) is 9.56. The van der Waals surface area contributed by atoms with Gasteiger partial charge in [-0.15, -0.1) is 0 Å². The van der Waals surface area contributed by atoms with E-state index in [1.54, 1.807) is 7.11 Å². The van der Waals surface area contributed by atoms with E-state index >= 15 is 0 Å². The molecular formula is C16H26N2O2. The van der Waals surface area contributed by atoms with Crippen molar-refractivity contribution >= 4 is 11.6 Å². The van der Waals surface area contributed by atoms with Crippen molar-refractivity contribution in [1.82, 2.24) is 5.32 Å². The molecule has 0 radical (unpaired) electrons. The Labute approximate surface area is 121 Å². The second-order valence-electron chi connectivity index (χ2n) is 5.28. The van der Waals surface area contributed by atoms with Gasteiger partial charge in [0.2, 0.25) is 5.91 Å². The normalized spacial score (nSPS) is 13.8. The first-order valence-electron chi connectivity index (χ1n) is 7.20. The number of benzene rings is 1. The molecule has 0 aromatic heterocycles. The Morgan fingerprint density at radius 3 is 2.55 bits per heavy atom. The maximum absolute atomic E-state index is 12.1. The van der Waals surface area contributed by atoms with E-state index in [-0.39, 0.29) is 17.9 Å². The van der Waals surface area contributed by atoms with Crippen LogP contribution in [-0.2, 0) is 9.53 Å². The average Bonchev–Trinajstić information content (AvgIpc) is 2.39. The second-order valence-corrected chi connectivity index (χ2v) is 5.28. The molecule has 4 heteroatoms. The minimum atomic E-state index is 0.0739. The van der Waals surface area contributed by atoms with Crippen molar-refractivity contribution < 1.29 is 9.53 Å². The van der Waals surface area contributed by atoms with E-state index in [0.717, 1.165) is 24.1 Å². The number of carbonyl (C=O) groups is 1. The minimum absolute atomic E-state index is 0.0739. The van der Waals surface area contributed by atoms with Gasteiger partial charge in [-0.2, -0.15) is 0 Å². The lowest BCUT2D eigenvalue weighted by Crippen LogP contribution is -2.38. The number of hydrogen-bond donors (Lipinski definition) is 2. The number of nitrogen functional groups attached to an aromatic ring is 1. The fraction of sp³-hybridized carbons (Fsp3) is 0.562. The van der Waals surface area contributed by atoms with Crippen molar-refractivity contribution in [2.75, 3.05) is 19.5 Å². The van der Waals surface area contributed by atoms with E-state index in [9.17, 15) is 4.79 Å². The molecule has 0 saturated heterocycles. The zero-order valence-electron chi connectivity index (χ0n) is 12.7. The van der Waals surface area contributed by atoms with Crippen molar-refractivity contribution in [3.8, 4) is 0 Å². The topological polar surface area (TPSA) is 64.3 Å². The smallest absolute Gasteiger partial charge is 0.220 e. The van der Waals surface area contributed by atoms with Crippen LogP contribution in [-0.4, -0.2) is 25.7 Å². The van der Waals surface area contributed by atoms with Gasteiger partial charge in [0.1, 0.15) is 0 Å². The Kier molecular flexibility index (Phi) is 7.09. The molecule has 0 heterocycles. The van der Waals surface area contributed by atoms with Gasteiger partial charge in [-0.1, -0.05) is 32.4 Å². The molecule has 0 aliphatic rings. The molecule has 2 atom stereocenters. The summed E-state index contributed by atoms with van der Waals surface area (Å²) in [5.41, 5.74) is 7.54. The Morgan fingerprint density at radius 1 is 1.35 bits per heavy atom. The highest BCUT2D eigenvalue weighted by atomic mass is 16.5. The molecule has 3 N–H and O–H groups in total. The Hall–Kier alpha value is -1.55. The molecule has 0 bridgehead atoms. The lowest BCUT2D eigenvalue weighted by Gasteiger charge is -2.19. The molecule has 0 aliphatic heterocycles. The summed E-state index contributed by atoms with van der Waals surface area (Å²) in [6.07, 6.45) is 2.45. The van der Waals surface area contributed by atoms with Gasteiger partial charge in [0, 0.05) is 19.2 Å². The highest BCUT2D eigenvalue weighted by Gasteiger charge is 2.15. The molecule has 0 fully saturated rings. The third-order valence-electron chi connectivity index (χ3n) is 3.37. The summed E-state index contributed by atoms with van der Waals surface area (Å²) < 4.78 is 5.13. The molecule has 1 aromatic carbocycles. The van der Waals surface area contributed by atoms with E-state index < -0.39 is 0 Å². The van der Waals surface area contributed by atoms with Crippen LogP contribution in [0, 0.1) is 0 Å². The third kappa shape index (κ3) is 5.61. The zero-order valence-corrected chi connectivity index (χ0v) is 12.7. The van der Waals surface area contributed by atoms with E-state index in [1.165, 1.54) is 0 Å². The molecule has 1 aromatic rings. The summed E-state index contributed by atoms with van der Waals surface area (Å²) in [6, 6.07) is 7.80. The number of nitrogens with two attached hydrogens (primary N) is 1. The Morgan fingerprint density at radius 2 is 2.00 bits per heavy atom. The van der Waals surface area contributed by atoms with E-state index in [0.29, 0.717) is 13.0 Å². The number of anilines is 1. The van der Waals surface area contributed by atoms with Crippen LogP contribution in [0.5, 0.6) is 0 Å². The van der Waals surface area contributed by atoms with Crippen LogP contribution in [0.15, 0.2) is 24.3 Å². The standard InChI is InChI=1S/C16H26N2O2/c1-4-5-15(11-20-3)18-16(19)10-12(2)13-6-8-14(17)9-7-13/h6-9,12,15H,4-5,10-11,17H2,1-3H3,(H,18,19). The number of ether oxygens (including phenoxy) is 1. The van der Waals surface area contributed by atoms with Gasteiger partial charge in [-0.3, -0.25) is 4.79 Å². The van der Waals surface area contributed by atoms with Gasteiger partial charge in [-0.25, -0.2) is 0 Å². The maximum Gasteiger partial charge on any atom is 0.220 e. The van der Waals surface area contributed by atoms with Crippen molar-refractivity contribution in [3.63, 3.8) is 0 Å². The molecule has 1 rings (SSSR count). The van der Waals surface area contributed by atoms with Crippen LogP contribution in [0.4, 0.5) is 5.69 Å². The number of carbonyl (C=O) groups excluding carboxylic acids is 1. The number of rotatable bonds is 8. The van der Waals surface area contributed by atoms with Gasteiger partial charge in [-0.05, 0) is 30.0 Å². The minimum Gasteiger partial charge on any atom is -0.399 e. The summed E-state index contributed by atoms with van der Waals surface area (Å²) in [4.78, 5) is 12.1. The number of methoxy groups -OCH3 is 1. The van der Waals surface area contributed by atoms with Crippen LogP contribution in [0.2, 0.25) is 0 Å². The van der Waals surface area contributed by atoms with Crippen LogP contribution in [0.1, 0.15) is 44.6 Å². The number of hydrogen-bond acceptors (Lipinski definition) is 3. The van der Waals surface area contributed by atoms with Crippen molar-refractivity contribution in [2.24, 2.45) is 0 Å². The van der Waals surface area contributed by atoms with Gasteiger partial charge in [0.15, 0.2) is 0 Å². The Bertz CT molecular complexity index is 397. The predicted octanol–water partition coefficient (Wildman–Crippen LogP) is 2.69. The van der Waals surface area contributed by atoms with Crippen LogP contribution in [0.25, 0.3) is 0 Å². The summed E-state index contributed by atoms with van der Waals surface area (Å²) >= 11 is 0. The molecule has 20 heavy (non-hydrogen) atoms. The highest BCUT2D eigenvalue weighted by molar-refractivity contribution is 5.77. The molecule has 2 unspecified atom stereocenters. The molecule has 4 nitrogen and oxygen atoms in total. The summed E-state index contributed by atoms with van der Waals surface area (Å²) in [7, 11) is 1.66. The SMILES string of the molecule is CCCC(COC)NC(=O)CC(C)c1ccc(N)cc1. The number of nitrogens with one attached hydrogen (secondary N) is 1. The van der Waals surface area contributed by atoms with Gasteiger partial charge in [0.05, 0.1) is 12.6 Å². The van der Waals surface area contributed by atoms with Gasteiger partial charge < -0.3 is 15.8 Å². The van der Waals surface area contributed by atoms with E-state index in [4.69, 9.17) is 10.5 Å². The largest absolute Gasteiger partial charge is 0.399 e. The summed E-state index contributed by atoms with van der Waals surface area (Å²) in [5.74, 6) is 0.255. The monoisotopic (exact) mass is 278 g/mol. The zero-order chi connectivity index (χ0) is 15.0. The second kappa shape index (κ2) is 8.59. The third-order valence-corrected chi connectivity index (χ3v) is 3.37. The molecular weight excluding hydrogens is 252 g/mol. The van der Waals surface area contributed by atoms with Crippen LogP contribution in [0.3, 0.4) is 0 Å². The van der Waals surface area contributed by atoms with Crippen LogP contribution >= 0.6 is 0 Å². The van der Waals surface area contributed by atoms with Crippen molar-refractivity contribution in [3.05, 3.63) is 29.8 Å². The molecule has 112 valence electrons. The van der Waals surface area contributed by atoms with Crippen molar-refractivity contribution in [1.29, 1.82) is 0 Å². The first-order valence-corrected chi connectivity index (χ1v) is 7.20. The summed E-state index contributed by atoms with van der Waals surface area (Å²) in [5, 5.41) is 3.04. The quantitative estimate of drug-likeness (QED) is 0.719. The van der Waals surface area contributed by atoms with Crippen molar-refractivity contribution in [2.45, 2.75) is 45.1 Å². The highest BCUT2D eigenvalue weighted by Crippen LogP contribution is 2.20. The molecule has 1 amide bonds. The fourth-order valence-corrected chi connectivity index (χ4v) is 2.25. The van der Waals surface area contributed by atoms with Crippen LogP contribution < -0.4 is 11.1 Å². The van der Waals surface area contributed by atoms with Gasteiger partial charge in [0.25, 0.3) is 0 Å². The van der Waals surface area contributed by atoms with E-state index in [2.05, 4.69) is 19.2 Å². The summed E-state index contributed by atoms with van der Waals surface area (Å²) in [6.45, 7) is 4.72. The first kappa shape index (κ1) is 16.5. The fourth-order valence-electron chi connectivity index (χ4n) is 2.25. The molecule has 0 aliphatic carbocycles. The lowest BCUT2D eigenvalue weighted by atomic mass is 9.97. The number of amides is 1. The lowest BCUT2D eigenvalue weighted by molar-refractivity contribution is -0.122. The Balaban J connectivity index is 2.49. The predicted molar refractivity (Wildman–Crippen MR) is 82.6 cm³/mol. The molecule has 0 saturated carbocycles. The molecule has 0 spiro atoms. The van der Waals surface area contributed by atoms with Gasteiger partial charge >= 0.3 is 0 Å². The average molecular weight is 278 g/mol. The maximum atomic E-state index is 12.1.